The minimum Gasteiger partial charge on any atom is -0.288 e. The lowest BCUT2D eigenvalue weighted by Crippen LogP contribution is -1.98. The first kappa shape index (κ1) is 19.5. The zero-order chi connectivity index (χ0) is 16.9. The first-order valence-corrected chi connectivity index (χ1v) is 8.68. The summed E-state index contributed by atoms with van der Waals surface area (Å²) in [5, 5.41) is 0.224. The lowest BCUT2D eigenvalue weighted by molar-refractivity contribution is 0.104. The Morgan fingerprint density at radius 3 is 2.00 bits per heavy atom. The fraction of sp³-hybridized carbons (Fsp3) is 0.250. The maximum atomic E-state index is 11.9. The maximum Gasteiger partial charge on any atom is 0.204 e. The monoisotopic (exact) mass is 348 g/mol. The molecule has 0 saturated carbocycles. The number of benzene rings is 2. The smallest absolute Gasteiger partial charge is 0.204 e. The van der Waals surface area contributed by atoms with Crippen LogP contribution in [0.25, 0.3) is 6.08 Å². The molecular formula is C20H22Cl2O. The number of alkyl halides is 1. The van der Waals surface area contributed by atoms with E-state index in [-0.39, 0.29) is 10.8 Å². The Morgan fingerprint density at radius 2 is 1.52 bits per heavy atom. The van der Waals surface area contributed by atoms with Crippen LogP contribution in [0.15, 0.2) is 65.7 Å². The van der Waals surface area contributed by atoms with Gasteiger partial charge in [0.15, 0.2) is 0 Å². The van der Waals surface area contributed by atoms with E-state index in [1.807, 2.05) is 48.5 Å². The number of ketones is 1. The van der Waals surface area contributed by atoms with Crippen molar-refractivity contribution < 1.29 is 4.79 Å². The van der Waals surface area contributed by atoms with Crippen LogP contribution in [-0.2, 0) is 0 Å². The van der Waals surface area contributed by atoms with Gasteiger partial charge in [0.25, 0.3) is 0 Å². The van der Waals surface area contributed by atoms with Gasteiger partial charge in [-0.3, -0.25) is 4.79 Å². The summed E-state index contributed by atoms with van der Waals surface area (Å²) in [7, 11) is 0. The third-order valence-corrected chi connectivity index (χ3v) is 3.63. The Bertz CT molecular complexity index is 588. The molecule has 0 atom stereocenters. The van der Waals surface area contributed by atoms with Crippen molar-refractivity contribution in [2.45, 2.75) is 26.2 Å². The number of carbonyl (C=O) groups excluding carboxylic acids is 1. The highest BCUT2D eigenvalue weighted by Gasteiger charge is 2.08. The van der Waals surface area contributed by atoms with Gasteiger partial charge in [0.2, 0.25) is 5.78 Å². The third kappa shape index (κ3) is 8.01. The minimum absolute atomic E-state index is 0.156. The van der Waals surface area contributed by atoms with Crippen LogP contribution in [0.5, 0.6) is 0 Å². The quantitative estimate of drug-likeness (QED) is 0.250. The van der Waals surface area contributed by atoms with Gasteiger partial charge in [-0.15, -0.1) is 11.6 Å². The Balaban J connectivity index is 0.000000379. The van der Waals surface area contributed by atoms with Crippen molar-refractivity contribution in [1.29, 1.82) is 0 Å². The largest absolute Gasteiger partial charge is 0.288 e. The topological polar surface area (TPSA) is 17.1 Å². The summed E-state index contributed by atoms with van der Waals surface area (Å²) in [6.07, 6.45) is 5.41. The van der Waals surface area contributed by atoms with Crippen LogP contribution in [0.2, 0.25) is 0 Å². The van der Waals surface area contributed by atoms with Crippen LogP contribution >= 0.6 is 23.2 Å². The Kier molecular flexibility index (Phi) is 10.1. The SMILES string of the molecule is CCCCCCl.O=C(C(Cl)=Cc1ccccc1)c1ccccc1. The van der Waals surface area contributed by atoms with Crippen molar-refractivity contribution >= 4 is 35.1 Å². The summed E-state index contributed by atoms with van der Waals surface area (Å²) in [6, 6.07) is 18.6. The van der Waals surface area contributed by atoms with Gasteiger partial charge in [-0.05, 0) is 18.1 Å². The van der Waals surface area contributed by atoms with Gasteiger partial charge in [-0.25, -0.2) is 0 Å². The van der Waals surface area contributed by atoms with E-state index in [2.05, 4.69) is 6.92 Å². The third-order valence-electron chi connectivity index (χ3n) is 3.08. The molecule has 0 heterocycles. The van der Waals surface area contributed by atoms with Crippen molar-refractivity contribution in [2.24, 2.45) is 0 Å². The molecule has 1 nitrogen and oxygen atoms in total. The van der Waals surface area contributed by atoms with E-state index in [1.54, 1.807) is 18.2 Å². The Labute approximate surface area is 148 Å². The van der Waals surface area contributed by atoms with E-state index in [0.717, 1.165) is 11.4 Å². The predicted octanol–water partition coefficient (Wildman–Crippen LogP) is 6.56. The summed E-state index contributed by atoms with van der Waals surface area (Å²) < 4.78 is 0. The van der Waals surface area contributed by atoms with Crippen molar-refractivity contribution in [3.8, 4) is 0 Å². The molecular weight excluding hydrogens is 327 g/mol. The van der Waals surface area contributed by atoms with Crippen LogP contribution < -0.4 is 0 Å². The average Bonchev–Trinajstić information content (AvgIpc) is 2.61. The van der Waals surface area contributed by atoms with E-state index in [0.29, 0.717) is 5.56 Å². The van der Waals surface area contributed by atoms with Gasteiger partial charge in [-0.1, -0.05) is 92.0 Å². The number of halogens is 2. The lowest BCUT2D eigenvalue weighted by Gasteiger charge is -1.99. The first-order chi connectivity index (χ1) is 11.2. The number of hydrogen-bond acceptors (Lipinski definition) is 1. The summed E-state index contributed by atoms with van der Waals surface area (Å²) in [6.45, 7) is 2.17. The van der Waals surface area contributed by atoms with E-state index >= 15 is 0 Å². The molecule has 0 fully saturated rings. The highest BCUT2D eigenvalue weighted by Crippen LogP contribution is 2.15. The molecule has 0 aromatic heterocycles. The molecule has 0 unspecified atom stereocenters. The van der Waals surface area contributed by atoms with Crippen LogP contribution in [0, 0.1) is 0 Å². The number of Topliss-reactive ketones (excluding diaryl/α,β-unsaturated/α-hetero) is 1. The molecule has 0 aliphatic carbocycles. The Morgan fingerprint density at radius 1 is 0.957 bits per heavy atom. The zero-order valence-electron chi connectivity index (χ0n) is 13.3. The number of hydrogen-bond donors (Lipinski definition) is 0. The van der Waals surface area contributed by atoms with E-state index < -0.39 is 0 Å². The zero-order valence-corrected chi connectivity index (χ0v) is 14.9. The minimum atomic E-state index is -0.156. The van der Waals surface area contributed by atoms with Crippen molar-refractivity contribution in [1.82, 2.24) is 0 Å². The van der Waals surface area contributed by atoms with E-state index in [4.69, 9.17) is 23.2 Å². The molecule has 3 heteroatoms. The van der Waals surface area contributed by atoms with Gasteiger partial charge in [0.05, 0.1) is 5.03 Å². The second kappa shape index (κ2) is 11.9. The molecule has 0 aliphatic rings. The lowest BCUT2D eigenvalue weighted by atomic mass is 10.1. The van der Waals surface area contributed by atoms with Crippen LogP contribution in [0.1, 0.15) is 42.1 Å². The standard InChI is InChI=1S/C15H11ClO.C5H11Cl/c16-14(11-12-7-3-1-4-8-12)15(17)13-9-5-2-6-10-13;1-2-3-4-5-6/h1-11H;2-5H2,1H3. The molecule has 2 aromatic carbocycles. The number of carbonyl (C=O) groups is 1. The average molecular weight is 349 g/mol. The van der Waals surface area contributed by atoms with Gasteiger partial charge in [0, 0.05) is 11.4 Å². The molecule has 2 rings (SSSR count). The fourth-order valence-electron chi connectivity index (χ4n) is 1.83. The molecule has 23 heavy (non-hydrogen) atoms. The van der Waals surface area contributed by atoms with Gasteiger partial charge < -0.3 is 0 Å². The molecule has 0 aliphatic heterocycles. The van der Waals surface area contributed by atoms with Crippen LogP contribution in [0.4, 0.5) is 0 Å². The number of allylic oxidation sites excluding steroid dienone is 1. The molecule has 122 valence electrons. The second-order valence-corrected chi connectivity index (χ2v) is 5.78. The van der Waals surface area contributed by atoms with Crippen LogP contribution in [-0.4, -0.2) is 11.7 Å². The molecule has 0 N–H and O–H groups in total. The summed E-state index contributed by atoms with van der Waals surface area (Å²) >= 11 is 11.4. The van der Waals surface area contributed by atoms with Crippen molar-refractivity contribution in [3.05, 3.63) is 76.8 Å². The first-order valence-electron chi connectivity index (χ1n) is 7.77. The molecule has 0 spiro atoms. The van der Waals surface area contributed by atoms with Gasteiger partial charge in [0.1, 0.15) is 0 Å². The fourth-order valence-corrected chi connectivity index (χ4v) is 2.26. The van der Waals surface area contributed by atoms with Gasteiger partial charge >= 0.3 is 0 Å². The molecule has 2 aromatic rings. The summed E-state index contributed by atoms with van der Waals surface area (Å²) in [5.74, 6) is 0.671. The molecule has 0 radical (unpaired) electrons. The molecule has 0 saturated heterocycles. The summed E-state index contributed by atoms with van der Waals surface area (Å²) in [5.41, 5.74) is 1.52. The molecule has 0 amide bonds. The molecule has 0 bridgehead atoms. The summed E-state index contributed by atoms with van der Waals surface area (Å²) in [4.78, 5) is 11.9. The second-order valence-electron chi connectivity index (χ2n) is 4.99. The highest BCUT2D eigenvalue weighted by atomic mass is 35.5. The normalized spacial score (nSPS) is 10.7. The number of rotatable bonds is 6. The van der Waals surface area contributed by atoms with E-state index in [1.165, 1.54) is 19.3 Å². The predicted molar refractivity (Wildman–Crippen MR) is 101 cm³/mol. The van der Waals surface area contributed by atoms with Crippen molar-refractivity contribution in [3.63, 3.8) is 0 Å². The van der Waals surface area contributed by atoms with Gasteiger partial charge in [-0.2, -0.15) is 0 Å². The van der Waals surface area contributed by atoms with Crippen LogP contribution in [0.3, 0.4) is 0 Å². The van der Waals surface area contributed by atoms with Crippen molar-refractivity contribution in [2.75, 3.05) is 5.88 Å². The maximum absolute atomic E-state index is 11.9. The Hall–Kier alpha value is -1.57. The highest BCUT2D eigenvalue weighted by molar-refractivity contribution is 6.47. The van der Waals surface area contributed by atoms with E-state index in [9.17, 15) is 4.79 Å². The number of unbranched alkanes of at least 4 members (excludes halogenated alkanes) is 2.